The molecule has 0 fully saturated rings. The lowest BCUT2D eigenvalue weighted by Crippen LogP contribution is -2.49. The van der Waals surface area contributed by atoms with E-state index in [4.69, 9.17) is 4.99 Å². The third-order valence-electron chi connectivity index (χ3n) is 4.61. The van der Waals surface area contributed by atoms with Crippen molar-refractivity contribution in [3.63, 3.8) is 0 Å². The number of fused-ring (bicyclic) bond motifs is 1. The summed E-state index contributed by atoms with van der Waals surface area (Å²) in [7, 11) is 1.90. The zero-order chi connectivity index (χ0) is 18.6. The average molecular weight is 363 g/mol. The molecule has 0 saturated heterocycles. The number of nitrogens with zero attached hydrogens (tertiary/aromatic N) is 5. The van der Waals surface area contributed by atoms with E-state index in [9.17, 15) is 0 Å². The van der Waals surface area contributed by atoms with Gasteiger partial charge in [0.1, 0.15) is 11.2 Å². The molecule has 7 heteroatoms. The summed E-state index contributed by atoms with van der Waals surface area (Å²) in [5.74, 6) is 0.800. The molecule has 0 bridgehead atoms. The Labute approximate surface area is 158 Å². The topological polar surface area (TPSA) is 74.1 Å². The lowest BCUT2D eigenvalue weighted by molar-refractivity contribution is 0.255. The highest BCUT2D eigenvalue weighted by Gasteiger charge is 2.18. The van der Waals surface area contributed by atoms with Crippen LogP contribution in [0.15, 0.2) is 47.7 Å². The van der Waals surface area contributed by atoms with E-state index in [-0.39, 0.29) is 6.29 Å². The number of aromatic nitrogens is 4. The molecular formula is C20H25N7. The van der Waals surface area contributed by atoms with Crippen LogP contribution in [0.5, 0.6) is 0 Å². The van der Waals surface area contributed by atoms with Crippen molar-refractivity contribution in [2.24, 2.45) is 12.0 Å². The normalized spacial score (nSPS) is 15.9. The first-order chi connectivity index (χ1) is 13.2. The number of nitrogens with one attached hydrogen (secondary N) is 2. The minimum atomic E-state index is -0.0915. The number of H-pyrrole nitrogens is 1. The Bertz CT molecular complexity index is 1000. The molecule has 1 atom stereocenters. The molecule has 3 heterocycles. The van der Waals surface area contributed by atoms with E-state index in [2.05, 4.69) is 62.7 Å². The predicted molar refractivity (Wildman–Crippen MR) is 105 cm³/mol. The number of aryl methyl sites for hydroxylation is 1. The summed E-state index contributed by atoms with van der Waals surface area (Å²) in [6.07, 6.45) is 7.82. The van der Waals surface area contributed by atoms with Gasteiger partial charge in [0.05, 0.1) is 11.8 Å². The van der Waals surface area contributed by atoms with E-state index in [0.29, 0.717) is 0 Å². The van der Waals surface area contributed by atoms with Crippen LogP contribution in [0.3, 0.4) is 0 Å². The van der Waals surface area contributed by atoms with Gasteiger partial charge in [-0.25, -0.2) is 9.98 Å². The van der Waals surface area contributed by atoms with Crippen LogP contribution in [0.2, 0.25) is 0 Å². The number of aromatic amines is 1. The van der Waals surface area contributed by atoms with Crippen LogP contribution in [0, 0.1) is 0 Å². The number of hydrogen-bond donors (Lipinski definition) is 2. The Kier molecular flexibility index (Phi) is 5.02. The second-order valence-corrected chi connectivity index (χ2v) is 6.78. The summed E-state index contributed by atoms with van der Waals surface area (Å²) in [5, 5.41) is 8.73. The molecule has 140 valence electrons. The van der Waals surface area contributed by atoms with Gasteiger partial charge in [-0.1, -0.05) is 37.3 Å². The third kappa shape index (κ3) is 3.93. The molecule has 1 aromatic carbocycles. The molecule has 0 saturated carbocycles. The van der Waals surface area contributed by atoms with Crippen LogP contribution >= 0.6 is 0 Å². The van der Waals surface area contributed by atoms with Crippen LogP contribution in [-0.4, -0.2) is 44.0 Å². The predicted octanol–water partition coefficient (Wildman–Crippen LogP) is 1.01. The Hall–Kier alpha value is -2.93. The molecule has 1 aliphatic rings. The van der Waals surface area contributed by atoms with Crippen molar-refractivity contribution in [1.82, 2.24) is 30.0 Å². The molecule has 2 N–H and O–H groups in total. The fourth-order valence-electron chi connectivity index (χ4n) is 3.27. The number of imidazole rings is 1. The molecule has 0 aliphatic carbocycles. The Morgan fingerprint density at radius 3 is 2.81 bits per heavy atom. The van der Waals surface area contributed by atoms with E-state index < -0.39 is 0 Å². The van der Waals surface area contributed by atoms with E-state index in [1.54, 1.807) is 4.68 Å². The lowest BCUT2D eigenvalue weighted by atomic mass is 10.1. The molecule has 27 heavy (non-hydrogen) atoms. The van der Waals surface area contributed by atoms with Crippen molar-refractivity contribution in [2.45, 2.75) is 26.1 Å². The lowest BCUT2D eigenvalue weighted by Gasteiger charge is -2.29. The monoisotopic (exact) mass is 363 g/mol. The van der Waals surface area contributed by atoms with Gasteiger partial charge in [-0.2, -0.15) is 5.10 Å². The summed E-state index contributed by atoms with van der Waals surface area (Å²) in [6, 6.07) is 10.5. The highest BCUT2D eigenvalue weighted by atomic mass is 15.4. The summed E-state index contributed by atoms with van der Waals surface area (Å²) < 4.78 is 1.77. The average Bonchev–Trinajstić information content (AvgIpc) is 3.28. The van der Waals surface area contributed by atoms with Gasteiger partial charge in [0, 0.05) is 32.5 Å². The zero-order valence-corrected chi connectivity index (χ0v) is 15.8. The summed E-state index contributed by atoms with van der Waals surface area (Å²) in [6.45, 7) is 3.98. The largest absolute Gasteiger partial charge is 0.342 e. The minimum absolute atomic E-state index is 0.0915. The summed E-state index contributed by atoms with van der Waals surface area (Å²) in [5.41, 5.74) is 3.04. The maximum absolute atomic E-state index is 4.84. The van der Waals surface area contributed by atoms with Gasteiger partial charge in [0.2, 0.25) is 0 Å². The standard InChI is InChI=1S/C20H25N7/c1-3-11-27-14-17-19(24-18(23-17)16-12-22-26(2)13-16)25-20(27)21-10-9-15-7-5-4-6-8-15/h4-8,12-14,20-21H,3,9-11H2,1-2H3,(H,23,24,25). The van der Waals surface area contributed by atoms with E-state index in [1.807, 2.05) is 25.5 Å². The minimum Gasteiger partial charge on any atom is -0.342 e. The van der Waals surface area contributed by atoms with Gasteiger partial charge in [-0.05, 0) is 18.4 Å². The van der Waals surface area contributed by atoms with Gasteiger partial charge in [0.25, 0.3) is 0 Å². The van der Waals surface area contributed by atoms with Crippen LogP contribution < -0.4 is 16.2 Å². The smallest absolute Gasteiger partial charge is 0.178 e. The maximum atomic E-state index is 4.84. The SMILES string of the molecule is CCCN1C=c2[nH]c(-c3cnn(C)c3)nc2=NC1NCCc1ccccc1. The highest BCUT2D eigenvalue weighted by molar-refractivity contribution is 5.52. The molecule has 0 amide bonds. The highest BCUT2D eigenvalue weighted by Crippen LogP contribution is 2.10. The second-order valence-electron chi connectivity index (χ2n) is 6.78. The van der Waals surface area contributed by atoms with Gasteiger partial charge in [-0.15, -0.1) is 0 Å². The quantitative estimate of drug-likeness (QED) is 0.657. The van der Waals surface area contributed by atoms with Gasteiger partial charge >= 0.3 is 0 Å². The first-order valence-electron chi connectivity index (χ1n) is 9.40. The summed E-state index contributed by atoms with van der Waals surface area (Å²) >= 11 is 0. The summed E-state index contributed by atoms with van der Waals surface area (Å²) in [4.78, 5) is 15.1. The van der Waals surface area contributed by atoms with E-state index in [1.165, 1.54) is 5.56 Å². The third-order valence-corrected chi connectivity index (χ3v) is 4.61. The van der Waals surface area contributed by atoms with Crippen LogP contribution in [0.1, 0.15) is 18.9 Å². The first-order valence-corrected chi connectivity index (χ1v) is 9.40. The van der Waals surface area contributed by atoms with Crippen LogP contribution in [0.4, 0.5) is 0 Å². The van der Waals surface area contributed by atoms with Crippen molar-refractivity contribution >= 4 is 6.20 Å². The molecule has 0 spiro atoms. The molecular weight excluding hydrogens is 338 g/mol. The molecule has 3 aromatic rings. The molecule has 2 aromatic heterocycles. The number of rotatable bonds is 7. The maximum Gasteiger partial charge on any atom is 0.178 e. The van der Waals surface area contributed by atoms with Crippen molar-refractivity contribution in [3.8, 4) is 11.4 Å². The van der Waals surface area contributed by atoms with Gasteiger partial charge in [-0.3, -0.25) is 10.00 Å². The molecule has 1 aliphatic heterocycles. The van der Waals surface area contributed by atoms with Crippen molar-refractivity contribution in [2.75, 3.05) is 13.1 Å². The second kappa shape index (κ2) is 7.75. The number of benzene rings is 1. The van der Waals surface area contributed by atoms with E-state index >= 15 is 0 Å². The fraction of sp³-hybridized carbons (Fsp3) is 0.350. The van der Waals surface area contributed by atoms with Crippen LogP contribution in [-0.2, 0) is 13.5 Å². The van der Waals surface area contributed by atoms with Crippen molar-refractivity contribution < 1.29 is 0 Å². The zero-order valence-electron chi connectivity index (χ0n) is 15.8. The molecule has 1 unspecified atom stereocenters. The van der Waals surface area contributed by atoms with E-state index in [0.717, 1.165) is 48.2 Å². The molecule has 7 nitrogen and oxygen atoms in total. The van der Waals surface area contributed by atoms with Gasteiger partial charge < -0.3 is 9.88 Å². The Balaban J connectivity index is 1.54. The Morgan fingerprint density at radius 2 is 2.07 bits per heavy atom. The Morgan fingerprint density at radius 1 is 1.22 bits per heavy atom. The molecule has 0 radical (unpaired) electrons. The van der Waals surface area contributed by atoms with Crippen LogP contribution in [0.25, 0.3) is 17.6 Å². The first kappa shape index (κ1) is 17.5. The molecule has 4 rings (SSSR count). The van der Waals surface area contributed by atoms with Crippen molar-refractivity contribution in [1.29, 1.82) is 0 Å². The fourth-order valence-corrected chi connectivity index (χ4v) is 3.27. The number of hydrogen-bond acceptors (Lipinski definition) is 5. The van der Waals surface area contributed by atoms with Gasteiger partial charge in [0.15, 0.2) is 11.8 Å². The van der Waals surface area contributed by atoms with Crippen molar-refractivity contribution in [3.05, 3.63) is 59.1 Å².